The molecule has 1 aromatic rings. The molecular weight excluding hydrogens is 342 g/mol. The number of hydrogen-bond donors (Lipinski definition) is 1. The van der Waals surface area contributed by atoms with Crippen molar-refractivity contribution in [3.8, 4) is 0 Å². The van der Waals surface area contributed by atoms with Gasteiger partial charge in [-0.3, -0.25) is 0 Å². The van der Waals surface area contributed by atoms with Gasteiger partial charge in [0.25, 0.3) is 0 Å². The van der Waals surface area contributed by atoms with Gasteiger partial charge >= 0.3 is 0 Å². The lowest BCUT2D eigenvalue weighted by atomic mass is 10.0. The summed E-state index contributed by atoms with van der Waals surface area (Å²) in [5.74, 6) is 1.00. The van der Waals surface area contributed by atoms with Crippen LogP contribution in [-0.2, 0) is 0 Å². The summed E-state index contributed by atoms with van der Waals surface area (Å²) in [4.78, 5) is 0. The van der Waals surface area contributed by atoms with E-state index in [1.54, 1.807) is 0 Å². The standard InChI is InChI=1S/C14H19Br2N/c1-2-17-14(8-5-10-3-4-10)12-9-11(15)6-7-13(12)16/h6-7,9-10,14,17H,2-5,8H2,1H3. The van der Waals surface area contributed by atoms with Crippen molar-refractivity contribution in [3.05, 3.63) is 32.7 Å². The summed E-state index contributed by atoms with van der Waals surface area (Å²) in [5, 5.41) is 3.60. The van der Waals surface area contributed by atoms with E-state index in [-0.39, 0.29) is 0 Å². The van der Waals surface area contributed by atoms with Crippen LogP contribution in [0.25, 0.3) is 0 Å². The number of benzene rings is 1. The fourth-order valence-electron chi connectivity index (χ4n) is 2.20. The van der Waals surface area contributed by atoms with E-state index in [0.29, 0.717) is 6.04 Å². The van der Waals surface area contributed by atoms with Crippen LogP contribution in [0.2, 0.25) is 0 Å². The van der Waals surface area contributed by atoms with Crippen LogP contribution in [0.1, 0.15) is 44.2 Å². The average Bonchev–Trinajstić information content (AvgIpc) is 3.12. The van der Waals surface area contributed by atoms with Gasteiger partial charge in [-0.2, -0.15) is 0 Å². The second-order valence-electron chi connectivity index (χ2n) is 4.80. The van der Waals surface area contributed by atoms with Gasteiger partial charge in [-0.15, -0.1) is 0 Å². The Hall–Kier alpha value is 0.140. The van der Waals surface area contributed by atoms with E-state index in [1.165, 1.54) is 35.7 Å². The first kappa shape index (κ1) is 13.6. The Kier molecular flexibility index (Phi) is 5.07. The molecule has 1 fully saturated rings. The first-order chi connectivity index (χ1) is 8.20. The Balaban J connectivity index is 2.08. The van der Waals surface area contributed by atoms with E-state index in [2.05, 4.69) is 62.3 Å². The summed E-state index contributed by atoms with van der Waals surface area (Å²) in [5.41, 5.74) is 1.38. The van der Waals surface area contributed by atoms with Crippen molar-refractivity contribution in [2.24, 2.45) is 5.92 Å². The topological polar surface area (TPSA) is 12.0 Å². The van der Waals surface area contributed by atoms with Gasteiger partial charge in [-0.05, 0) is 49.1 Å². The van der Waals surface area contributed by atoms with Crippen molar-refractivity contribution >= 4 is 31.9 Å². The third-order valence-electron chi connectivity index (χ3n) is 3.34. The van der Waals surface area contributed by atoms with E-state index in [4.69, 9.17) is 0 Å². The average molecular weight is 361 g/mol. The molecule has 1 N–H and O–H groups in total. The zero-order valence-electron chi connectivity index (χ0n) is 10.2. The first-order valence-corrected chi connectivity index (χ1v) is 7.97. The summed E-state index contributed by atoms with van der Waals surface area (Å²) < 4.78 is 2.37. The summed E-state index contributed by atoms with van der Waals surface area (Å²) >= 11 is 7.22. The molecule has 0 spiro atoms. The van der Waals surface area contributed by atoms with Crippen LogP contribution >= 0.6 is 31.9 Å². The Bertz CT molecular complexity index is 374. The van der Waals surface area contributed by atoms with Crippen LogP contribution in [0.15, 0.2) is 27.1 Å². The Morgan fingerprint density at radius 1 is 1.35 bits per heavy atom. The molecule has 0 heterocycles. The lowest BCUT2D eigenvalue weighted by molar-refractivity contribution is 0.480. The summed E-state index contributed by atoms with van der Waals surface area (Å²) in [6, 6.07) is 6.91. The van der Waals surface area contributed by atoms with E-state index in [1.807, 2.05) is 0 Å². The molecule has 0 saturated heterocycles. The van der Waals surface area contributed by atoms with Crippen LogP contribution in [0.4, 0.5) is 0 Å². The van der Waals surface area contributed by atoms with Gasteiger partial charge in [0, 0.05) is 15.0 Å². The lowest BCUT2D eigenvalue weighted by Gasteiger charge is -2.20. The van der Waals surface area contributed by atoms with E-state index < -0.39 is 0 Å². The van der Waals surface area contributed by atoms with E-state index in [9.17, 15) is 0 Å². The molecule has 0 amide bonds. The predicted molar refractivity (Wildman–Crippen MR) is 80.2 cm³/mol. The minimum absolute atomic E-state index is 0.479. The molecule has 1 saturated carbocycles. The molecule has 2 rings (SSSR count). The molecule has 94 valence electrons. The molecule has 1 unspecified atom stereocenters. The van der Waals surface area contributed by atoms with Gasteiger partial charge in [-0.1, -0.05) is 51.6 Å². The highest BCUT2D eigenvalue weighted by Gasteiger charge is 2.23. The quantitative estimate of drug-likeness (QED) is 0.748. The maximum Gasteiger partial charge on any atom is 0.0331 e. The maximum absolute atomic E-state index is 3.66. The van der Waals surface area contributed by atoms with E-state index >= 15 is 0 Å². The van der Waals surface area contributed by atoms with Crippen molar-refractivity contribution in [3.63, 3.8) is 0 Å². The van der Waals surface area contributed by atoms with Crippen LogP contribution in [-0.4, -0.2) is 6.54 Å². The van der Waals surface area contributed by atoms with Crippen molar-refractivity contribution in [1.82, 2.24) is 5.32 Å². The molecule has 0 aromatic heterocycles. The molecule has 1 aliphatic rings. The first-order valence-electron chi connectivity index (χ1n) is 6.39. The van der Waals surface area contributed by atoms with Gasteiger partial charge in [0.2, 0.25) is 0 Å². The number of halogens is 2. The van der Waals surface area contributed by atoms with Crippen molar-refractivity contribution in [1.29, 1.82) is 0 Å². The molecule has 1 aliphatic carbocycles. The molecule has 0 aliphatic heterocycles. The SMILES string of the molecule is CCNC(CCC1CC1)c1cc(Br)ccc1Br. The molecule has 0 bridgehead atoms. The molecular formula is C14H19Br2N. The highest BCUT2D eigenvalue weighted by atomic mass is 79.9. The minimum Gasteiger partial charge on any atom is -0.310 e. The summed E-state index contributed by atoms with van der Waals surface area (Å²) in [6.45, 7) is 3.20. The van der Waals surface area contributed by atoms with Gasteiger partial charge in [0.1, 0.15) is 0 Å². The monoisotopic (exact) mass is 359 g/mol. The molecule has 1 aromatic carbocycles. The number of rotatable bonds is 6. The van der Waals surface area contributed by atoms with Gasteiger partial charge in [0.05, 0.1) is 0 Å². The highest BCUT2D eigenvalue weighted by Crippen LogP contribution is 2.37. The zero-order chi connectivity index (χ0) is 12.3. The second kappa shape index (κ2) is 6.35. The number of nitrogens with one attached hydrogen (secondary N) is 1. The molecule has 0 radical (unpaired) electrons. The molecule has 3 heteroatoms. The normalized spacial score (nSPS) is 17.1. The van der Waals surface area contributed by atoms with Gasteiger partial charge < -0.3 is 5.32 Å². The third-order valence-corrected chi connectivity index (χ3v) is 4.56. The van der Waals surface area contributed by atoms with Crippen molar-refractivity contribution in [2.75, 3.05) is 6.54 Å². The Morgan fingerprint density at radius 2 is 2.12 bits per heavy atom. The van der Waals surface area contributed by atoms with Crippen LogP contribution in [0.3, 0.4) is 0 Å². The third kappa shape index (κ3) is 4.08. The fourth-order valence-corrected chi connectivity index (χ4v) is 3.11. The predicted octanol–water partition coefficient (Wildman–Crippen LogP) is 5.05. The molecule has 1 atom stereocenters. The van der Waals surface area contributed by atoms with Gasteiger partial charge in [0.15, 0.2) is 0 Å². The Morgan fingerprint density at radius 3 is 2.76 bits per heavy atom. The van der Waals surface area contributed by atoms with Crippen molar-refractivity contribution < 1.29 is 0 Å². The van der Waals surface area contributed by atoms with E-state index in [0.717, 1.165) is 16.9 Å². The summed E-state index contributed by atoms with van der Waals surface area (Å²) in [6.07, 6.45) is 5.49. The highest BCUT2D eigenvalue weighted by molar-refractivity contribution is 9.11. The van der Waals surface area contributed by atoms with Crippen molar-refractivity contribution in [2.45, 2.75) is 38.6 Å². The van der Waals surface area contributed by atoms with Crippen LogP contribution in [0.5, 0.6) is 0 Å². The smallest absolute Gasteiger partial charge is 0.0331 e. The fraction of sp³-hybridized carbons (Fsp3) is 0.571. The maximum atomic E-state index is 3.66. The van der Waals surface area contributed by atoms with Crippen LogP contribution in [0, 0.1) is 5.92 Å². The molecule has 17 heavy (non-hydrogen) atoms. The van der Waals surface area contributed by atoms with Gasteiger partial charge in [-0.25, -0.2) is 0 Å². The molecule has 1 nitrogen and oxygen atoms in total. The summed E-state index contributed by atoms with van der Waals surface area (Å²) in [7, 11) is 0. The minimum atomic E-state index is 0.479. The van der Waals surface area contributed by atoms with Crippen LogP contribution < -0.4 is 5.32 Å². The lowest BCUT2D eigenvalue weighted by Crippen LogP contribution is -2.21. The zero-order valence-corrected chi connectivity index (χ0v) is 13.4. The largest absolute Gasteiger partial charge is 0.310 e. The second-order valence-corrected chi connectivity index (χ2v) is 6.57. The Labute approximate surface area is 121 Å². The number of hydrogen-bond acceptors (Lipinski definition) is 1.